The average Bonchev–Trinajstić information content (AvgIpc) is 1.72. The van der Waals surface area contributed by atoms with E-state index in [1.165, 1.54) is 4.90 Å². The molecule has 0 spiro atoms. The summed E-state index contributed by atoms with van der Waals surface area (Å²) in [6.45, 7) is 34.6. The highest BCUT2D eigenvalue weighted by Crippen LogP contribution is 2.26. The molecule has 496 valence electrons. The van der Waals surface area contributed by atoms with Crippen molar-refractivity contribution in [3.8, 4) is 5.75 Å². The van der Waals surface area contributed by atoms with Crippen LogP contribution in [0.1, 0.15) is 256 Å². The molecule has 1 aromatic heterocycles. The monoisotopic (exact) mass is 1220 g/mol. The van der Waals surface area contributed by atoms with Gasteiger partial charge in [0.1, 0.15) is 28.9 Å². The minimum atomic E-state index is -0.482. The number of phenols is 1. The number of nitrogens with zero attached hydrogens (tertiary/aromatic N) is 4. The number of benzene rings is 2. The molecule has 16 heteroatoms. The fourth-order valence-electron chi connectivity index (χ4n) is 9.30. The van der Waals surface area contributed by atoms with Gasteiger partial charge in [-0.3, -0.25) is 48.1 Å². The van der Waals surface area contributed by atoms with E-state index < -0.39 is 11.5 Å². The zero-order valence-corrected chi connectivity index (χ0v) is 52.9. The molecule has 2 aromatic carbocycles. The van der Waals surface area contributed by atoms with E-state index in [9.17, 15) is 43.2 Å². The van der Waals surface area contributed by atoms with Crippen molar-refractivity contribution in [1.29, 1.82) is 0 Å². The Morgan fingerprint density at radius 1 is 0.621 bits per heavy atom. The average molecular weight is 1220 g/mol. The van der Waals surface area contributed by atoms with Gasteiger partial charge in [0.15, 0.2) is 5.78 Å². The lowest BCUT2D eigenvalue weighted by atomic mass is 9.85. The number of H-pyrrole nitrogens is 1. The van der Waals surface area contributed by atoms with Crippen LogP contribution in [0.25, 0.3) is 0 Å². The summed E-state index contributed by atoms with van der Waals surface area (Å²) in [5, 5.41) is 9.13. The number of likely N-dealkylation sites (tertiary alicyclic amines) is 2. The molecule has 3 aliphatic heterocycles. The largest absolute Gasteiger partial charge is 0.508 e. The Morgan fingerprint density at radius 2 is 1.10 bits per heavy atom. The third-order valence-electron chi connectivity index (χ3n) is 14.2. The summed E-state index contributed by atoms with van der Waals surface area (Å²) in [4.78, 5) is 118. The number of aryl methyl sites for hydroxylation is 1. The lowest BCUT2D eigenvalue weighted by Crippen LogP contribution is -2.40. The Balaban J connectivity index is -0.000000493. The highest BCUT2D eigenvalue weighted by molar-refractivity contribution is 6.21. The topological polar surface area (TPSA) is 238 Å². The molecule has 2 saturated heterocycles. The Labute approximate surface area is 527 Å². The molecule has 87 heavy (non-hydrogen) atoms. The maximum absolute atomic E-state index is 12.3. The van der Waals surface area contributed by atoms with Gasteiger partial charge in [-0.25, -0.2) is 4.98 Å². The number of carbonyl (C=O) groups excluding carboxylic acids is 9. The molecule has 3 aromatic rings. The second-order valence-corrected chi connectivity index (χ2v) is 26.9. The second kappa shape index (κ2) is 40.4. The number of piperidine rings is 1. The van der Waals surface area contributed by atoms with Gasteiger partial charge >= 0.3 is 0 Å². The van der Waals surface area contributed by atoms with Crippen LogP contribution in [0.5, 0.6) is 5.75 Å². The molecule has 4 amide bonds. The normalized spacial score (nSPS) is 14.3. The zero-order valence-electron chi connectivity index (χ0n) is 52.9. The first kappa shape index (κ1) is 87.3. The number of fused-ring (bicyclic) bond motifs is 1. The van der Waals surface area contributed by atoms with E-state index in [-0.39, 0.29) is 118 Å². The van der Waals surface area contributed by atoms with Gasteiger partial charge in [0, 0.05) is 111 Å². The molecule has 3 aliphatic rings. The van der Waals surface area contributed by atoms with Gasteiger partial charge in [-0.15, -0.1) is 0 Å². The summed E-state index contributed by atoms with van der Waals surface area (Å²) < 4.78 is 0. The molecule has 2 fully saturated rings. The Bertz CT molecular complexity index is 2580. The number of ketones is 5. The number of nitrogens with one attached hydrogen (secondary N) is 1. The van der Waals surface area contributed by atoms with Gasteiger partial charge in [0.05, 0.1) is 23.5 Å². The van der Waals surface area contributed by atoms with Crippen molar-refractivity contribution >= 4 is 52.5 Å². The number of imide groups is 1. The highest BCUT2D eigenvalue weighted by Gasteiger charge is 2.35. The Morgan fingerprint density at radius 3 is 1.54 bits per heavy atom. The summed E-state index contributed by atoms with van der Waals surface area (Å²) in [6, 6.07) is 11.6. The lowest BCUT2D eigenvalue weighted by molar-refractivity contribution is -0.134. The number of imidazole rings is 1. The summed E-state index contributed by atoms with van der Waals surface area (Å²) in [7, 11) is 0. The molecule has 2 atom stereocenters. The molecule has 6 rings (SSSR count). The third kappa shape index (κ3) is 32.6. The summed E-state index contributed by atoms with van der Waals surface area (Å²) in [6.07, 6.45) is 13.4. The van der Waals surface area contributed by atoms with Gasteiger partial charge in [0.2, 0.25) is 11.8 Å². The SMILES string of the molecule is C.C.C.C.C.CC(C)(C)C(=O)C(N)Cc1ccc(O)cc1.CC(C)(C)C(=O)CCCN1CCCC1=O.CC(C)(C)C(=O)CCCN1CCCCC1=O.CC(C)C(=O)C(C)Cc1cnc[nH]1.Cc1ccc2c(c1)C(=O)N(CCCC(=O)CC(C)(C)C)C2=O. The fourth-order valence-corrected chi connectivity index (χ4v) is 9.30. The number of aromatic nitrogens is 2. The molecule has 0 saturated carbocycles. The number of carbonyl (C=O) groups is 9. The van der Waals surface area contributed by atoms with Crippen molar-refractivity contribution in [2.45, 2.75) is 244 Å². The second-order valence-electron chi connectivity index (χ2n) is 26.9. The van der Waals surface area contributed by atoms with Crippen LogP contribution >= 0.6 is 0 Å². The van der Waals surface area contributed by atoms with E-state index in [2.05, 4.69) is 9.97 Å². The highest BCUT2D eigenvalue weighted by atomic mass is 16.3. The number of amides is 4. The number of hydrogen-bond acceptors (Lipinski definition) is 12. The minimum Gasteiger partial charge on any atom is -0.508 e. The van der Waals surface area contributed by atoms with E-state index in [0.717, 1.165) is 81.5 Å². The molecule has 2 unspecified atom stereocenters. The molecule has 0 aliphatic carbocycles. The zero-order chi connectivity index (χ0) is 62.3. The van der Waals surface area contributed by atoms with Gasteiger partial charge in [-0.05, 0) is 93.5 Å². The molecule has 4 N–H and O–H groups in total. The quantitative estimate of drug-likeness (QED) is 0.0896. The van der Waals surface area contributed by atoms with Crippen LogP contribution in [-0.4, -0.2) is 121 Å². The first-order valence-corrected chi connectivity index (χ1v) is 29.6. The van der Waals surface area contributed by atoms with Gasteiger partial charge in [0.25, 0.3) is 11.8 Å². The molecule has 0 radical (unpaired) electrons. The fraction of sp³-hybridized carbons (Fsp3) is 0.662. The summed E-state index contributed by atoms with van der Waals surface area (Å²) in [5.74, 6) is 1.57. The minimum absolute atomic E-state index is 0. The standard InChI is InChI=1S/C18H23NO3.C13H19NO2.C13H23NO2.C12H21NO2.C10H16N2O.5CH4/c1-12-7-8-14-15(10-12)17(22)19(16(14)21)9-5-6-13(20)11-18(2,3)4;1-13(2,3)12(16)11(14)8-9-4-6-10(15)7-5-9;1-13(2,3)11(15)7-6-10-14-9-5-4-8-12(14)16;1-12(2,3)10(14)6-4-8-13-9-5-7-11(13)15;1-7(2)10(13)8(3)4-9-5-11-6-12-9;;;;;/h7-8,10H,5-6,9,11H2,1-4H3;4-7,11,15H,8,14H2,1-3H3;4-10H2,1-3H3;4-9H2,1-3H3;5-8H,4H2,1-3H3,(H,11,12);5*1H4. The third-order valence-corrected chi connectivity index (χ3v) is 14.2. The van der Waals surface area contributed by atoms with Gasteiger partial charge in [-0.1, -0.05) is 165 Å². The number of rotatable bonds is 20. The van der Waals surface area contributed by atoms with Crippen LogP contribution in [0.2, 0.25) is 0 Å². The molecule has 4 heterocycles. The van der Waals surface area contributed by atoms with Crippen LogP contribution in [0.4, 0.5) is 0 Å². The van der Waals surface area contributed by atoms with E-state index in [1.807, 2.05) is 127 Å². The van der Waals surface area contributed by atoms with Crippen molar-refractivity contribution in [3.63, 3.8) is 0 Å². The number of hydrogen-bond donors (Lipinski definition) is 3. The van der Waals surface area contributed by atoms with Gasteiger partial charge < -0.3 is 25.6 Å². The molecule has 0 bridgehead atoms. The maximum atomic E-state index is 12.3. The number of phenolic OH excluding ortho intramolecular Hbond substituents is 1. The van der Waals surface area contributed by atoms with E-state index in [4.69, 9.17) is 10.8 Å². The number of nitrogens with two attached hydrogens (primary N) is 1. The Hall–Kier alpha value is -6.16. The van der Waals surface area contributed by atoms with Crippen LogP contribution in [0.15, 0.2) is 55.0 Å². The lowest BCUT2D eigenvalue weighted by Gasteiger charge is -2.27. The summed E-state index contributed by atoms with van der Waals surface area (Å²) >= 11 is 0. The first-order chi connectivity index (χ1) is 37.9. The molecular weight excluding hydrogens is 1100 g/mol. The summed E-state index contributed by atoms with van der Waals surface area (Å²) in [5.41, 5.74) is 8.84. The molecular formula is C71H122N6O10. The van der Waals surface area contributed by atoms with E-state index >= 15 is 0 Å². The van der Waals surface area contributed by atoms with E-state index in [1.54, 1.807) is 48.9 Å². The van der Waals surface area contributed by atoms with Crippen molar-refractivity contribution in [2.24, 2.45) is 39.2 Å². The number of aromatic amines is 1. The van der Waals surface area contributed by atoms with Crippen molar-refractivity contribution in [3.05, 3.63) is 82.9 Å². The Kier molecular flexibility index (Phi) is 40.5. The van der Waals surface area contributed by atoms with Crippen molar-refractivity contribution < 1.29 is 48.3 Å². The maximum Gasteiger partial charge on any atom is 0.261 e. The van der Waals surface area contributed by atoms with Crippen LogP contribution in [0, 0.1) is 40.4 Å². The predicted molar refractivity (Wildman–Crippen MR) is 358 cm³/mol. The van der Waals surface area contributed by atoms with Crippen LogP contribution in [0.3, 0.4) is 0 Å². The van der Waals surface area contributed by atoms with Crippen molar-refractivity contribution in [2.75, 3.05) is 32.7 Å². The predicted octanol–water partition coefficient (Wildman–Crippen LogP) is 14.6. The smallest absolute Gasteiger partial charge is 0.261 e. The van der Waals surface area contributed by atoms with Crippen LogP contribution < -0.4 is 5.73 Å². The van der Waals surface area contributed by atoms with Crippen LogP contribution in [-0.2, 0) is 46.4 Å². The number of Topliss-reactive ketones (excluding diaryl/α,β-unsaturated/α-hetero) is 5. The number of aromatic hydroxyl groups is 1. The van der Waals surface area contributed by atoms with Crippen molar-refractivity contribution in [1.82, 2.24) is 24.7 Å². The first-order valence-electron chi connectivity index (χ1n) is 29.6. The molecule has 16 nitrogen and oxygen atoms in total. The van der Waals surface area contributed by atoms with Gasteiger partial charge in [-0.2, -0.15) is 0 Å². The van der Waals surface area contributed by atoms with E-state index in [0.29, 0.717) is 74.8 Å².